The van der Waals surface area contributed by atoms with Gasteiger partial charge in [0.15, 0.2) is 11.6 Å². The molecule has 0 aromatic carbocycles. The predicted octanol–water partition coefficient (Wildman–Crippen LogP) is 4.05. The van der Waals surface area contributed by atoms with Crippen molar-refractivity contribution in [1.82, 2.24) is 20.4 Å². The Hall–Kier alpha value is -2.84. The van der Waals surface area contributed by atoms with E-state index in [-0.39, 0.29) is 47.3 Å². The summed E-state index contributed by atoms with van der Waals surface area (Å²) in [7, 11) is 7.88. The van der Waals surface area contributed by atoms with Gasteiger partial charge in [0.1, 0.15) is 0 Å². The first-order valence-corrected chi connectivity index (χ1v) is 13.0. The minimum Gasteiger partial charge on any atom is -0.350 e. The third-order valence-electron chi connectivity index (χ3n) is 3.88. The lowest BCUT2D eigenvalue weighted by Gasteiger charge is -2.05. The van der Waals surface area contributed by atoms with Crippen LogP contribution < -0.4 is 10.6 Å². The van der Waals surface area contributed by atoms with Crippen LogP contribution in [-0.2, 0) is 19.2 Å². The number of likely N-dealkylation sites (N-methyl/N-ethyl adjacent to an activating group) is 2. The minimum absolute atomic E-state index is 0.0214. The Kier molecular flexibility index (Phi) is 30.2. The van der Waals surface area contributed by atoms with Crippen molar-refractivity contribution in [3.05, 3.63) is 49.6 Å². The molecule has 2 amide bonds. The first-order chi connectivity index (χ1) is 17.4. The van der Waals surface area contributed by atoms with Crippen LogP contribution in [0.1, 0.15) is 55.4 Å². The molecule has 0 aliphatic carbocycles. The van der Waals surface area contributed by atoms with Gasteiger partial charge in [-0.3, -0.25) is 19.2 Å². The first-order valence-electron chi connectivity index (χ1n) is 13.0. The molecule has 220 valence electrons. The SMILES string of the molecule is C=CC(=O)C(C)C.C=CC(=O)NC(C)C.CC(C)C(=O)/C=C/CN(C)C.CC(C)NC(=O)/C=C/CN(C)C. The van der Waals surface area contributed by atoms with Crippen LogP contribution in [0.4, 0.5) is 0 Å². The lowest BCUT2D eigenvalue weighted by atomic mass is 10.1. The van der Waals surface area contributed by atoms with Crippen molar-refractivity contribution in [2.24, 2.45) is 11.8 Å². The van der Waals surface area contributed by atoms with Crippen LogP contribution in [0.15, 0.2) is 49.6 Å². The summed E-state index contributed by atoms with van der Waals surface area (Å²) >= 11 is 0. The average Bonchev–Trinajstić information content (AvgIpc) is 2.78. The Morgan fingerprint density at radius 2 is 0.974 bits per heavy atom. The predicted molar refractivity (Wildman–Crippen MR) is 162 cm³/mol. The summed E-state index contributed by atoms with van der Waals surface area (Å²) in [5.41, 5.74) is 0. The second kappa shape index (κ2) is 27.2. The number of nitrogens with one attached hydrogen (secondary N) is 2. The molecule has 0 rings (SSSR count). The summed E-state index contributed by atoms with van der Waals surface area (Å²) in [5.74, 6) is 0.407. The zero-order valence-electron chi connectivity index (χ0n) is 26.1. The number of hydrogen-bond donors (Lipinski definition) is 2. The van der Waals surface area contributed by atoms with Crippen molar-refractivity contribution in [2.45, 2.75) is 67.5 Å². The summed E-state index contributed by atoms with van der Waals surface area (Å²) in [6.07, 6.45) is 9.58. The van der Waals surface area contributed by atoms with Crippen LogP contribution in [0.25, 0.3) is 0 Å². The summed E-state index contributed by atoms with van der Waals surface area (Å²) < 4.78 is 0. The molecule has 0 heterocycles. The molecular formula is C30H56N4O4. The van der Waals surface area contributed by atoms with Gasteiger partial charge in [-0.05, 0) is 74.1 Å². The molecule has 0 atom stereocenters. The summed E-state index contributed by atoms with van der Waals surface area (Å²) in [5, 5.41) is 5.41. The van der Waals surface area contributed by atoms with E-state index in [9.17, 15) is 19.2 Å². The number of carbonyl (C=O) groups is 4. The zero-order valence-corrected chi connectivity index (χ0v) is 26.1. The van der Waals surface area contributed by atoms with Crippen LogP contribution in [0.2, 0.25) is 0 Å². The Balaban J connectivity index is -0.000000207. The topological polar surface area (TPSA) is 98.8 Å². The monoisotopic (exact) mass is 536 g/mol. The minimum atomic E-state index is -0.111. The highest BCUT2D eigenvalue weighted by Crippen LogP contribution is 1.95. The largest absolute Gasteiger partial charge is 0.350 e. The Bertz CT molecular complexity index is 735. The maximum atomic E-state index is 11.0. The van der Waals surface area contributed by atoms with E-state index < -0.39 is 0 Å². The van der Waals surface area contributed by atoms with Crippen molar-refractivity contribution >= 4 is 23.4 Å². The third-order valence-corrected chi connectivity index (χ3v) is 3.88. The fraction of sp³-hybridized carbons (Fsp3) is 0.600. The van der Waals surface area contributed by atoms with E-state index in [1.807, 2.05) is 106 Å². The second-order valence-corrected chi connectivity index (χ2v) is 10.2. The van der Waals surface area contributed by atoms with Crippen molar-refractivity contribution in [1.29, 1.82) is 0 Å². The van der Waals surface area contributed by atoms with Crippen LogP contribution in [-0.4, -0.2) is 86.5 Å². The lowest BCUT2D eigenvalue weighted by Crippen LogP contribution is -2.28. The van der Waals surface area contributed by atoms with Gasteiger partial charge in [-0.1, -0.05) is 53.0 Å². The molecule has 0 aromatic rings. The van der Waals surface area contributed by atoms with Crippen LogP contribution >= 0.6 is 0 Å². The van der Waals surface area contributed by atoms with E-state index in [1.54, 1.807) is 12.2 Å². The number of allylic oxidation sites excluding steroid dienone is 2. The second-order valence-electron chi connectivity index (χ2n) is 10.2. The molecule has 8 heteroatoms. The van der Waals surface area contributed by atoms with E-state index >= 15 is 0 Å². The number of amides is 2. The number of ketones is 2. The van der Waals surface area contributed by atoms with Crippen molar-refractivity contribution in [3.63, 3.8) is 0 Å². The van der Waals surface area contributed by atoms with Crippen molar-refractivity contribution in [3.8, 4) is 0 Å². The molecule has 0 aliphatic rings. The Morgan fingerprint density at radius 3 is 1.21 bits per heavy atom. The van der Waals surface area contributed by atoms with Gasteiger partial charge in [-0.2, -0.15) is 0 Å². The maximum Gasteiger partial charge on any atom is 0.243 e. The van der Waals surface area contributed by atoms with Gasteiger partial charge in [0.05, 0.1) is 0 Å². The van der Waals surface area contributed by atoms with E-state index in [4.69, 9.17) is 0 Å². The van der Waals surface area contributed by atoms with Crippen molar-refractivity contribution in [2.75, 3.05) is 41.3 Å². The molecule has 0 aromatic heterocycles. The van der Waals surface area contributed by atoms with Crippen molar-refractivity contribution < 1.29 is 19.2 Å². The normalized spacial score (nSPS) is 10.6. The molecule has 0 fully saturated rings. The van der Waals surface area contributed by atoms with E-state index in [1.165, 1.54) is 12.2 Å². The number of carbonyl (C=O) groups excluding carboxylic acids is 4. The molecule has 0 bridgehead atoms. The van der Waals surface area contributed by atoms with Gasteiger partial charge >= 0.3 is 0 Å². The summed E-state index contributed by atoms with van der Waals surface area (Å²) in [6, 6.07) is 0.419. The number of nitrogens with zero attached hydrogens (tertiary/aromatic N) is 2. The van der Waals surface area contributed by atoms with Gasteiger partial charge in [-0.15, -0.1) is 0 Å². The van der Waals surface area contributed by atoms with Crippen LogP contribution in [0.5, 0.6) is 0 Å². The van der Waals surface area contributed by atoms with E-state index in [0.717, 1.165) is 13.1 Å². The van der Waals surface area contributed by atoms with Gasteiger partial charge in [0.25, 0.3) is 0 Å². The van der Waals surface area contributed by atoms with E-state index in [0.29, 0.717) is 0 Å². The quantitative estimate of drug-likeness (QED) is 0.365. The number of rotatable bonds is 12. The maximum absolute atomic E-state index is 11.0. The summed E-state index contributed by atoms with van der Waals surface area (Å²) in [4.78, 5) is 46.8. The van der Waals surface area contributed by atoms with E-state index in [2.05, 4.69) is 23.8 Å². The third kappa shape index (κ3) is 40.3. The highest BCUT2D eigenvalue weighted by molar-refractivity contribution is 5.91. The fourth-order valence-electron chi connectivity index (χ4n) is 1.85. The Morgan fingerprint density at radius 1 is 0.605 bits per heavy atom. The van der Waals surface area contributed by atoms with Gasteiger partial charge in [0, 0.05) is 43.1 Å². The molecule has 38 heavy (non-hydrogen) atoms. The molecule has 0 spiro atoms. The van der Waals surface area contributed by atoms with Crippen LogP contribution in [0.3, 0.4) is 0 Å². The summed E-state index contributed by atoms with van der Waals surface area (Å²) in [6.45, 7) is 23.5. The van der Waals surface area contributed by atoms with Gasteiger partial charge < -0.3 is 20.4 Å². The highest BCUT2D eigenvalue weighted by Gasteiger charge is 2.00. The number of hydrogen-bond acceptors (Lipinski definition) is 6. The fourth-order valence-corrected chi connectivity index (χ4v) is 1.85. The molecule has 0 radical (unpaired) electrons. The van der Waals surface area contributed by atoms with Gasteiger partial charge in [0.2, 0.25) is 11.8 Å². The lowest BCUT2D eigenvalue weighted by molar-refractivity contribution is -0.118. The Labute approximate surface area is 233 Å². The standard InChI is InChI=1S/C9H18N2O.C9H17NO.C6H11NO.C6H10O/c1-8(2)10-9(12)6-5-7-11(3)4;1-8(2)9(11)6-5-7-10(3)4;1-4-6(8)7-5(2)3;1-4-6(7)5(2)3/h5-6,8H,7H2,1-4H3,(H,10,12);5-6,8H,7H2,1-4H3;4-5H,1H2,2-3H3,(H,7,8);4-5H,1H2,2-3H3/b2*6-5+;;. The molecule has 0 unspecified atom stereocenters. The highest BCUT2D eigenvalue weighted by atomic mass is 16.2. The van der Waals surface area contributed by atoms with Crippen LogP contribution in [0, 0.1) is 11.8 Å². The molecule has 0 aliphatic heterocycles. The molecule has 2 N–H and O–H groups in total. The molecular weight excluding hydrogens is 480 g/mol. The zero-order chi connectivity index (χ0) is 30.8. The first kappa shape index (κ1) is 42.3. The van der Waals surface area contributed by atoms with Gasteiger partial charge in [-0.25, -0.2) is 0 Å². The smallest absolute Gasteiger partial charge is 0.243 e. The molecule has 0 saturated carbocycles. The average molecular weight is 537 g/mol. The molecule has 8 nitrogen and oxygen atoms in total. The molecule has 0 saturated heterocycles.